The molecule has 146 valence electrons. The summed E-state index contributed by atoms with van der Waals surface area (Å²) in [4.78, 5) is 34.7. The van der Waals surface area contributed by atoms with Crippen molar-refractivity contribution < 1.29 is 4.79 Å². The third kappa shape index (κ3) is 3.67. The van der Waals surface area contributed by atoms with Gasteiger partial charge in [-0.1, -0.05) is 55.5 Å². The highest BCUT2D eigenvalue weighted by Crippen LogP contribution is 2.33. The van der Waals surface area contributed by atoms with Gasteiger partial charge in [0.25, 0.3) is 5.56 Å². The monoisotopic (exact) mass is 396 g/mol. The predicted octanol–water partition coefficient (Wildman–Crippen LogP) is 3.39. The number of nitrogens with one attached hydrogen (secondary N) is 2. The molecular weight excluding hydrogens is 372 g/mol. The molecule has 1 unspecified atom stereocenters. The SMILES string of the molecule is CC(C)c1cc2sc(N3CCCC3C(=O)NCc3ccccc3)nc2c(=O)[nH]1. The van der Waals surface area contributed by atoms with E-state index >= 15 is 0 Å². The maximum atomic E-state index is 12.8. The minimum Gasteiger partial charge on any atom is -0.350 e. The number of amides is 1. The van der Waals surface area contributed by atoms with Crippen molar-refractivity contribution >= 4 is 32.6 Å². The third-order valence-corrected chi connectivity index (χ3v) is 6.17. The Morgan fingerprint density at radius 3 is 2.89 bits per heavy atom. The molecule has 1 atom stereocenters. The number of H-pyrrole nitrogens is 1. The molecule has 1 aliphatic heterocycles. The lowest BCUT2D eigenvalue weighted by atomic mass is 10.1. The molecule has 2 aromatic heterocycles. The van der Waals surface area contributed by atoms with Gasteiger partial charge < -0.3 is 15.2 Å². The fourth-order valence-corrected chi connectivity index (χ4v) is 4.64. The molecule has 1 amide bonds. The Balaban J connectivity index is 1.55. The summed E-state index contributed by atoms with van der Waals surface area (Å²) in [5, 5.41) is 3.79. The van der Waals surface area contributed by atoms with Crippen LogP contribution in [0.3, 0.4) is 0 Å². The van der Waals surface area contributed by atoms with Gasteiger partial charge >= 0.3 is 0 Å². The summed E-state index contributed by atoms with van der Waals surface area (Å²) in [5.41, 5.74) is 2.28. The van der Waals surface area contributed by atoms with Crippen molar-refractivity contribution in [2.45, 2.75) is 45.2 Å². The van der Waals surface area contributed by atoms with Gasteiger partial charge in [-0.05, 0) is 30.4 Å². The van der Waals surface area contributed by atoms with Gasteiger partial charge in [-0.25, -0.2) is 4.98 Å². The fraction of sp³-hybridized carbons (Fsp3) is 0.381. The lowest BCUT2D eigenvalue weighted by Crippen LogP contribution is -2.43. The number of fused-ring (bicyclic) bond motifs is 1. The van der Waals surface area contributed by atoms with E-state index in [1.165, 1.54) is 11.3 Å². The number of pyridine rings is 1. The van der Waals surface area contributed by atoms with Crippen molar-refractivity contribution in [3.8, 4) is 0 Å². The molecule has 1 aromatic carbocycles. The highest BCUT2D eigenvalue weighted by molar-refractivity contribution is 7.22. The molecule has 6 nitrogen and oxygen atoms in total. The average Bonchev–Trinajstić information content (AvgIpc) is 3.33. The zero-order valence-electron chi connectivity index (χ0n) is 16.1. The highest BCUT2D eigenvalue weighted by atomic mass is 32.1. The van der Waals surface area contributed by atoms with Crippen LogP contribution in [-0.4, -0.2) is 28.5 Å². The maximum absolute atomic E-state index is 12.8. The quantitative estimate of drug-likeness (QED) is 0.693. The smallest absolute Gasteiger partial charge is 0.275 e. The Labute approximate surface area is 167 Å². The molecule has 0 aliphatic carbocycles. The second-order valence-electron chi connectivity index (χ2n) is 7.47. The Bertz CT molecular complexity index is 1040. The molecule has 0 spiro atoms. The van der Waals surface area contributed by atoms with Crippen LogP contribution >= 0.6 is 11.3 Å². The van der Waals surface area contributed by atoms with Crippen LogP contribution < -0.4 is 15.8 Å². The molecular formula is C21H24N4O2S. The van der Waals surface area contributed by atoms with Crippen LogP contribution in [-0.2, 0) is 11.3 Å². The first-order valence-corrected chi connectivity index (χ1v) is 10.5. The molecule has 0 bridgehead atoms. The van der Waals surface area contributed by atoms with E-state index < -0.39 is 0 Å². The van der Waals surface area contributed by atoms with E-state index in [1.807, 2.05) is 55.1 Å². The maximum Gasteiger partial charge on any atom is 0.275 e. The van der Waals surface area contributed by atoms with Crippen LogP contribution in [0, 0.1) is 0 Å². The predicted molar refractivity (Wildman–Crippen MR) is 113 cm³/mol. The minimum absolute atomic E-state index is 0.0115. The van der Waals surface area contributed by atoms with Crippen LogP contribution in [0.4, 0.5) is 5.13 Å². The molecule has 28 heavy (non-hydrogen) atoms. The number of carbonyl (C=O) groups excluding carboxylic acids is 1. The number of anilines is 1. The zero-order valence-corrected chi connectivity index (χ0v) is 16.9. The van der Waals surface area contributed by atoms with Crippen LogP contribution in [0.15, 0.2) is 41.2 Å². The second-order valence-corrected chi connectivity index (χ2v) is 8.48. The number of rotatable bonds is 5. The van der Waals surface area contributed by atoms with Gasteiger partial charge in [0.1, 0.15) is 11.6 Å². The molecule has 1 saturated heterocycles. The lowest BCUT2D eigenvalue weighted by Gasteiger charge is -2.23. The molecule has 2 N–H and O–H groups in total. The number of hydrogen-bond acceptors (Lipinski definition) is 5. The third-order valence-electron chi connectivity index (χ3n) is 5.13. The van der Waals surface area contributed by atoms with E-state index in [1.54, 1.807) is 0 Å². The number of hydrogen-bond donors (Lipinski definition) is 2. The van der Waals surface area contributed by atoms with Crippen molar-refractivity contribution in [2.24, 2.45) is 0 Å². The first-order chi connectivity index (χ1) is 13.5. The normalized spacial score (nSPS) is 16.8. The van der Waals surface area contributed by atoms with E-state index in [-0.39, 0.29) is 23.4 Å². The summed E-state index contributed by atoms with van der Waals surface area (Å²) in [5.74, 6) is 0.253. The number of nitrogens with zero attached hydrogens (tertiary/aromatic N) is 2. The van der Waals surface area contributed by atoms with Crippen LogP contribution in [0.1, 0.15) is 43.9 Å². The number of benzene rings is 1. The van der Waals surface area contributed by atoms with Gasteiger partial charge in [0.15, 0.2) is 5.13 Å². The first-order valence-electron chi connectivity index (χ1n) is 9.65. The highest BCUT2D eigenvalue weighted by Gasteiger charge is 2.32. The molecule has 1 aliphatic rings. The van der Waals surface area contributed by atoms with E-state index in [2.05, 4.69) is 15.3 Å². The Morgan fingerprint density at radius 2 is 2.14 bits per heavy atom. The van der Waals surface area contributed by atoms with Gasteiger partial charge in [-0.15, -0.1) is 0 Å². The van der Waals surface area contributed by atoms with Crippen LogP contribution in [0.25, 0.3) is 10.2 Å². The topological polar surface area (TPSA) is 78.1 Å². The van der Waals surface area contributed by atoms with Crippen molar-refractivity contribution in [1.82, 2.24) is 15.3 Å². The summed E-state index contributed by atoms with van der Waals surface area (Å²) in [6, 6.07) is 11.7. The zero-order chi connectivity index (χ0) is 19.7. The fourth-order valence-electron chi connectivity index (χ4n) is 3.55. The summed E-state index contributed by atoms with van der Waals surface area (Å²) >= 11 is 1.49. The Kier molecular flexibility index (Phi) is 5.17. The van der Waals surface area contributed by atoms with E-state index in [4.69, 9.17) is 0 Å². The minimum atomic E-state index is -0.243. The summed E-state index contributed by atoms with van der Waals surface area (Å²) in [6.45, 7) is 5.39. The van der Waals surface area contributed by atoms with E-state index in [0.717, 1.165) is 40.5 Å². The number of thiazole rings is 1. The second kappa shape index (κ2) is 7.75. The standard InChI is InChI=1S/C21H24N4O2S/c1-13(2)15-11-17-18(20(27)23-15)24-21(28-17)25-10-6-9-16(25)19(26)22-12-14-7-4-3-5-8-14/h3-5,7-8,11,13,16H,6,9-10,12H2,1-2H3,(H,22,26)(H,23,27). The average molecular weight is 397 g/mol. The summed E-state index contributed by atoms with van der Waals surface area (Å²) in [7, 11) is 0. The van der Waals surface area contributed by atoms with Gasteiger partial charge in [0.2, 0.25) is 5.91 Å². The Morgan fingerprint density at radius 1 is 1.36 bits per heavy atom. The van der Waals surface area contributed by atoms with Gasteiger partial charge in [-0.3, -0.25) is 9.59 Å². The molecule has 3 heterocycles. The number of aromatic amines is 1. The summed E-state index contributed by atoms with van der Waals surface area (Å²) < 4.78 is 0.873. The largest absolute Gasteiger partial charge is 0.350 e. The van der Waals surface area contributed by atoms with Gasteiger partial charge in [-0.2, -0.15) is 0 Å². The molecule has 0 saturated carbocycles. The molecule has 7 heteroatoms. The van der Waals surface area contributed by atoms with Crippen molar-refractivity contribution in [3.05, 3.63) is 58.0 Å². The van der Waals surface area contributed by atoms with E-state index in [9.17, 15) is 9.59 Å². The van der Waals surface area contributed by atoms with Gasteiger partial charge in [0, 0.05) is 18.8 Å². The lowest BCUT2D eigenvalue weighted by molar-refractivity contribution is -0.122. The molecule has 0 radical (unpaired) electrons. The number of aromatic nitrogens is 2. The molecule has 1 fully saturated rings. The Hall–Kier alpha value is -2.67. The van der Waals surface area contributed by atoms with Gasteiger partial charge in [0.05, 0.1) is 4.70 Å². The number of carbonyl (C=O) groups is 1. The first kappa shape index (κ1) is 18.7. The van der Waals surface area contributed by atoms with Crippen molar-refractivity contribution in [2.75, 3.05) is 11.4 Å². The van der Waals surface area contributed by atoms with Crippen LogP contribution in [0.5, 0.6) is 0 Å². The van der Waals surface area contributed by atoms with E-state index in [0.29, 0.717) is 12.1 Å². The molecule has 4 rings (SSSR count). The van der Waals surface area contributed by atoms with Crippen molar-refractivity contribution in [3.63, 3.8) is 0 Å². The van der Waals surface area contributed by atoms with Crippen molar-refractivity contribution in [1.29, 1.82) is 0 Å². The van der Waals surface area contributed by atoms with Crippen LogP contribution in [0.2, 0.25) is 0 Å². The summed E-state index contributed by atoms with van der Waals surface area (Å²) in [6.07, 6.45) is 1.73. The molecule has 3 aromatic rings.